The van der Waals surface area contributed by atoms with Crippen molar-refractivity contribution in [2.75, 3.05) is 13.2 Å². The van der Waals surface area contributed by atoms with Crippen LogP contribution in [0, 0.1) is 0 Å². The van der Waals surface area contributed by atoms with Gasteiger partial charge in [0.05, 0.1) is 9.89 Å². The first-order valence-electron chi connectivity index (χ1n) is 6.47. The Morgan fingerprint density at radius 2 is 1.79 bits per heavy atom. The number of hydrogen-bond donors (Lipinski definition) is 1. The van der Waals surface area contributed by atoms with Crippen LogP contribution in [0.5, 0.6) is 11.5 Å². The number of fused-ring (bicyclic) bond motifs is 1. The Balaban J connectivity index is 2.17. The summed E-state index contributed by atoms with van der Waals surface area (Å²) in [6, 6.07) is 3.71. The number of aliphatic carboxylic acids is 1. The van der Waals surface area contributed by atoms with E-state index in [2.05, 4.69) is 15.9 Å². The number of halogens is 1. The van der Waals surface area contributed by atoms with E-state index in [1.54, 1.807) is 0 Å². The van der Waals surface area contributed by atoms with Crippen molar-refractivity contribution in [1.29, 1.82) is 0 Å². The third-order valence-corrected chi connectivity index (χ3v) is 4.65. The molecule has 102 valence electrons. The molecule has 5 heteroatoms. The molecule has 1 aromatic rings. The summed E-state index contributed by atoms with van der Waals surface area (Å²) in [5.41, 5.74) is -0.0544. The summed E-state index contributed by atoms with van der Waals surface area (Å²) in [4.78, 5) is 11.8. The minimum absolute atomic E-state index is 0.464. The number of rotatable bonds is 2. The first-order valence-corrected chi connectivity index (χ1v) is 7.26. The summed E-state index contributed by atoms with van der Waals surface area (Å²) in [5.74, 6) is 0.477. The van der Waals surface area contributed by atoms with Gasteiger partial charge in [-0.15, -0.1) is 0 Å². The second-order valence-corrected chi connectivity index (χ2v) is 5.90. The molecule has 0 saturated heterocycles. The second-order valence-electron chi connectivity index (χ2n) is 5.04. The zero-order valence-electron chi connectivity index (χ0n) is 10.4. The van der Waals surface area contributed by atoms with Gasteiger partial charge in [0.15, 0.2) is 11.5 Å². The number of carbonyl (C=O) groups is 1. The maximum Gasteiger partial charge on any atom is 0.314 e. The van der Waals surface area contributed by atoms with Crippen molar-refractivity contribution in [3.05, 3.63) is 22.2 Å². The van der Waals surface area contributed by atoms with Crippen LogP contribution in [0.15, 0.2) is 16.6 Å². The van der Waals surface area contributed by atoms with Crippen LogP contribution < -0.4 is 9.47 Å². The average molecular weight is 327 g/mol. The number of benzene rings is 1. The van der Waals surface area contributed by atoms with Gasteiger partial charge in [0.25, 0.3) is 0 Å². The predicted octanol–water partition coefficient (Wildman–Crippen LogP) is 3.12. The highest BCUT2D eigenvalue weighted by atomic mass is 79.9. The Morgan fingerprint density at radius 1 is 1.16 bits per heavy atom. The fourth-order valence-corrected chi connectivity index (χ4v) is 3.48. The molecule has 0 amide bonds. The van der Waals surface area contributed by atoms with Crippen molar-refractivity contribution >= 4 is 21.9 Å². The van der Waals surface area contributed by atoms with Crippen molar-refractivity contribution in [1.82, 2.24) is 0 Å². The van der Waals surface area contributed by atoms with Crippen LogP contribution in [0.4, 0.5) is 0 Å². The lowest BCUT2D eigenvalue weighted by Crippen LogP contribution is -2.34. The minimum Gasteiger partial charge on any atom is -0.486 e. The van der Waals surface area contributed by atoms with E-state index in [0.29, 0.717) is 37.6 Å². The molecular formula is C14H15BrO4. The third kappa shape index (κ3) is 1.91. The summed E-state index contributed by atoms with van der Waals surface area (Å²) < 4.78 is 12.1. The van der Waals surface area contributed by atoms with E-state index in [1.807, 2.05) is 12.1 Å². The van der Waals surface area contributed by atoms with Gasteiger partial charge in [-0.1, -0.05) is 18.9 Å². The molecular weight excluding hydrogens is 312 g/mol. The molecule has 1 heterocycles. The van der Waals surface area contributed by atoms with Crippen LogP contribution in [0.25, 0.3) is 0 Å². The number of hydrogen-bond acceptors (Lipinski definition) is 3. The Labute approximate surface area is 119 Å². The van der Waals surface area contributed by atoms with Gasteiger partial charge in [0.2, 0.25) is 0 Å². The smallest absolute Gasteiger partial charge is 0.314 e. The Hall–Kier alpha value is -1.23. The first-order chi connectivity index (χ1) is 9.15. The lowest BCUT2D eigenvalue weighted by Gasteiger charge is -2.30. The van der Waals surface area contributed by atoms with E-state index in [9.17, 15) is 9.90 Å². The van der Waals surface area contributed by atoms with Crippen molar-refractivity contribution in [2.45, 2.75) is 31.1 Å². The molecule has 1 saturated carbocycles. The largest absolute Gasteiger partial charge is 0.486 e. The minimum atomic E-state index is -0.814. The molecule has 1 aromatic carbocycles. The SMILES string of the molecule is O=C(O)C1(c2ccc(Br)c3c2OCCO3)CCCC1. The van der Waals surface area contributed by atoms with Crippen molar-refractivity contribution in [3.8, 4) is 11.5 Å². The molecule has 0 radical (unpaired) electrons. The molecule has 0 bridgehead atoms. The molecule has 0 aromatic heterocycles. The molecule has 2 aliphatic rings. The van der Waals surface area contributed by atoms with Gasteiger partial charge in [-0.25, -0.2) is 0 Å². The van der Waals surface area contributed by atoms with E-state index < -0.39 is 11.4 Å². The van der Waals surface area contributed by atoms with E-state index >= 15 is 0 Å². The van der Waals surface area contributed by atoms with Gasteiger partial charge >= 0.3 is 5.97 Å². The molecule has 4 nitrogen and oxygen atoms in total. The van der Waals surface area contributed by atoms with Gasteiger partial charge in [-0.05, 0) is 34.8 Å². The van der Waals surface area contributed by atoms with E-state index in [4.69, 9.17) is 9.47 Å². The highest BCUT2D eigenvalue weighted by molar-refractivity contribution is 9.10. The van der Waals surface area contributed by atoms with Crippen molar-refractivity contribution in [2.24, 2.45) is 0 Å². The molecule has 0 atom stereocenters. The summed E-state index contributed by atoms with van der Waals surface area (Å²) in [5, 5.41) is 9.68. The fraction of sp³-hybridized carbons (Fsp3) is 0.500. The molecule has 1 fully saturated rings. The van der Waals surface area contributed by atoms with Gasteiger partial charge in [-0.2, -0.15) is 0 Å². The molecule has 0 unspecified atom stereocenters. The van der Waals surface area contributed by atoms with Crippen LogP contribution in [0.3, 0.4) is 0 Å². The topological polar surface area (TPSA) is 55.8 Å². The zero-order valence-corrected chi connectivity index (χ0v) is 12.0. The Kier molecular flexibility index (Phi) is 3.17. The highest BCUT2D eigenvalue weighted by Crippen LogP contribution is 2.50. The lowest BCUT2D eigenvalue weighted by molar-refractivity contribution is -0.143. The summed E-state index contributed by atoms with van der Waals surface area (Å²) in [6.07, 6.45) is 3.22. The molecule has 1 aliphatic heterocycles. The molecule has 1 aliphatic carbocycles. The van der Waals surface area contributed by atoms with Crippen LogP contribution in [-0.2, 0) is 10.2 Å². The maximum atomic E-state index is 11.8. The lowest BCUT2D eigenvalue weighted by atomic mass is 9.78. The molecule has 1 N–H and O–H groups in total. The van der Waals surface area contributed by atoms with Gasteiger partial charge in [0.1, 0.15) is 13.2 Å². The fourth-order valence-electron chi connectivity index (χ4n) is 3.06. The molecule has 3 rings (SSSR count). The summed E-state index contributed by atoms with van der Waals surface area (Å²) in [7, 11) is 0. The van der Waals surface area contributed by atoms with E-state index in [-0.39, 0.29) is 0 Å². The van der Waals surface area contributed by atoms with Gasteiger partial charge in [0, 0.05) is 5.56 Å². The van der Waals surface area contributed by atoms with Crippen molar-refractivity contribution in [3.63, 3.8) is 0 Å². The van der Waals surface area contributed by atoms with Gasteiger partial charge < -0.3 is 14.6 Å². The van der Waals surface area contributed by atoms with Crippen LogP contribution in [0.2, 0.25) is 0 Å². The number of ether oxygens (including phenoxy) is 2. The average Bonchev–Trinajstić information content (AvgIpc) is 2.90. The molecule has 0 spiro atoms. The zero-order chi connectivity index (χ0) is 13.5. The number of carboxylic acids is 1. The highest BCUT2D eigenvalue weighted by Gasteiger charge is 2.46. The van der Waals surface area contributed by atoms with E-state index in [0.717, 1.165) is 22.9 Å². The Bertz CT molecular complexity index is 520. The quantitative estimate of drug-likeness (QED) is 0.907. The monoisotopic (exact) mass is 326 g/mol. The number of carboxylic acid groups (broad SMARTS) is 1. The first kappa shape index (κ1) is 12.8. The predicted molar refractivity (Wildman–Crippen MR) is 72.9 cm³/mol. The van der Waals surface area contributed by atoms with Crippen molar-refractivity contribution < 1.29 is 19.4 Å². The van der Waals surface area contributed by atoms with Crippen LogP contribution >= 0.6 is 15.9 Å². The second kappa shape index (κ2) is 4.71. The Morgan fingerprint density at radius 3 is 2.42 bits per heavy atom. The maximum absolute atomic E-state index is 11.8. The summed E-state index contributed by atoms with van der Waals surface area (Å²) in [6.45, 7) is 0.960. The summed E-state index contributed by atoms with van der Waals surface area (Å²) >= 11 is 3.43. The molecule has 19 heavy (non-hydrogen) atoms. The van der Waals surface area contributed by atoms with Crippen LogP contribution in [0.1, 0.15) is 31.2 Å². The van der Waals surface area contributed by atoms with Crippen LogP contribution in [-0.4, -0.2) is 24.3 Å². The van der Waals surface area contributed by atoms with E-state index in [1.165, 1.54) is 0 Å². The standard InChI is InChI=1S/C14H15BrO4/c15-10-4-3-9(11-12(10)19-8-7-18-11)14(13(16)17)5-1-2-6-14/h3-4H,1-2,5-8H2,(H,16,17). The van der Waals surface area contributed by atoms with Gasteiger partial charge in [-0.3, -0.25) is 4.79 Å². The third-order valence-electron chi connectivity index (χ3n) is 4.02. The normalized spacial score (nSPS) is 20.3.